The van der Waals surface area contributed by atoms with E-state index >= 15 is 0 Å². The molecule has 0 unspecified atom stereocenters. The van der Waals surface area contributed by atoms with Gasteiger partial charge in [-0.2, -0.15) is 0 Å². The number of para-hydroxylation sites is 2. The number of phenols is 1. The van der Waals surface area contributed by atoms with Crippen LogP contribution in [0, 0.1) is 0 Å². The molecular weight excluding hydrogens is 356 g/mol. The average Bonchev–Trinajstić information content (AvgIpc) is 2.59. The molecule has 4 heteroatoms. The van der Waals surface area contributed by atoms with E-state index in [0.717, 1.165) is 0 Å². The van der Waals surface area contributed by atoms with Gasteiger partial charge in [0, 0.05) is 5.33 Å². The van der Waals surface area contributed by atoms with Gasteiger partial charge >= 0.3 is 0 Å². The Balaban J connectivity index is 2.01. The molecule has 0 amide bonds. The highest BCUT2D eigenvalue weighted by atomic mass is 79.9. The maximum Gasteiger partial charge on any atom is 0.177 e. The summed E-state index contributed by atoms with van der Waals surface area (Å²) < 4.78 is 11.9. The Hall–Kier alpha value is -2.46. The minimum Gasteiger partial charge on any atom is -0.507 e. The summed E-state index contributed by atoms with van der Waals surface area (Å²) in [4.78, 5) is 0. The van der Waals surface area contributed by atoms with Crippen LogP contribution >= 0.6 is 15.9 Å². The van der Waals surface area contributed by atoms with E-state index < -0.39 is 0 Å². The molecular formula is C19H15BrO3. The van der Waals surface area contributed by atoms with Crippen LogP contribution in [0.2, 0.25) is 0 Å². The van der Waals surface area contributed by atoms with Gasteiger partial charge in [0.05, 0.1) is 5.56 Å². The molecule has 0 aliphatic heterocycles. The Kier molecular flexibility index (Phi) is 4.83. The predicted octanol–water partition coefficient (Wildman–Crippen LogP) is 5.87. The lowest BCUT2D eigenvalue weighted by Gasteiger charge is -2.16. The van der Waals surface area contributed by atoms with Gasteiger partial charge in [-0.25, -0.2) is 0 Å². The van der Waals surface area contributed by atoms with Crippen LogP contribution in [0.25, 0.3) is 0 Å². The molecule has 0 heterocycles. The second-order valence-electron chi connectivity index (χ2n) is 4.85. The predicted molar refractivity (Wildman–Crippen MR) is 93.8 cm³/mol. The van der Waals surface area contributed by atoms with Gasteiger partial charge < -0.3 is 14.6 Å². The maximum atomic E-state index is 10.1. The number of halogens is 1. The van der Waals surface area contributed by atoms with Crippen molar-refractivity contribution in [1.82, 2.24) is 0 Å². The number of aromatic hydroxyl groups is 1. The highest BCUT2D eigenvalue weighted by Gasteiger charge is 2.16. The molecule has 3 aromatic carbocycles. The second-order valence-corrected chi connectivity index (χ2v) is 5.42. The fourth-order valence-corrected chi connectivity index (χ4v) is 2.68. The highest BCUT2D eigenvalue weighted by Crippen LogP contribution is 2.42. The first-order chi connectivity index (χ1) is 11.3. The largest absolute Gasteiger partial charge is 0.507 e. The fraction of sp³-hybridized carbons (Fsp3) is 0.0526. The summed E-state index contributed by atoms with van der Waals surface area (Å²) in [5.41, 5.74) is 0.641. The zero-order valence-electron chi connectivity index (χ0n) is 12.3. The summed E-state index contributed by atoms with van der Waals surface area (Å²) in [7, 11) is 0. The minimum atomic E-state index is 0.160. The van der Waals surface area contributed by atoms with E-state index in [9.17, 15) is 5.11 Å². The molecule has 116 valence electrons. The van der Waals surface area contributed by atoms with E-state index in [1.54, 1.807) is 12.1 Å². The van der Waals surface area contributed by atoms with Gasteiger partial charge in [-0.05, 0) is 36.4 Å². The van der Waals surface area contributed by atoms with Crippen molar-refractivity contribution < 1.29 is 14.6 Å². The van der Waals surface area contributed by atoms with E-state index in [1.165, 1.54) is 0 Å². The summed E-state index contributed by atoms with van der Waals surface area (Å²) in [6.45, 7) is 0. The number of hydrogen-bond acceptors (Lipinski definition) is 3. The van der Waals surface area contributed by atoms with Crippen LogP contribution in [0.1, 0.15) is 5.56 Å². The molecule has 23 heavy (non-hydrogen) atoms. The number of rotatable bonds is 5. The fourth-order valence-electron chi connectivity index (χ4n) is 2.14. The first kappa shape index (κ1) is 15.4. The van der Waals surface area contributed by atoms with Crippen LogP contribution in [0.5, 0.6) is 28.7 Å². The third-order valence-corrected chi connectivity index (χ3v) is 3.83. The third-order valence-electron chi connectivity index (χ3n) is 3.27. The van der Waals surface area contributed by atoms with Crippen molar-refractivity contribution in [2.45, 2.75) is 5.33 Å². The van der Waals surface area contributed by atoms with Gasteiger partial charge in [-0.3, -0.25) is 0 Å². The zero-order valence-corrected chi connectivity index (χ0v) is 13.9. The van der Waals surface area contributed by atoms with Crippen molar-refractivity contribution in [2.24, 2.45) is 0 Å². The molecule has 0 spiro atoms. The monoisotopic (exact) mass is 370 g/mol. The Bertz CT molecular complexity index is 773. The number of benzene rings is 3. The number of ether oxygens (including phenoxy) is 2. The molecule has 0 saturated carbocycles. The maximum absolute atomic E-state index is 10.1. The van der Waals surface area contributed by atoms with Gasteiger partial charge in [0.2, 0.25) is 0 Å². The Morgan fingerprint density at radius 2 is 1.30 bits per heavy atom. The van der Waals surface area contributed by atoms with Gasteiger partial charge in [-0.15, -0.1) is 0 Å². The SMILES string of the molecule is Oc1ccc(Oc2ccccc2)c(Oc2ccccc2)c1CBr. The molecule has 0 aromatic heterocycles. The van der Waals surface area contributed by atoms with Crippen LogP contribution in [0.4, 0.5) is 0 Å². The summed E-state index contributed by atoms with van der Waals surface area (Å²) >= 11 is 3.40. The van der Waals surface area contributed by atoms with E-state index in [4.69, 9.17) is 9.47 Å². The lowest BCUT2D eigenvalue weighted by molar-refractivity contribution is 0.406. The van der Waals surface area contributed by atoms with Crippen molar-refractivity contribution in [1.29, 1.82) is 0 Å². The molecule has 0 aliphatic rings. The Labute approximate surface area is 143 Å². The van der Waals surface area contributed by atoms with E-state index in [-0.39, 0.29) is 5.75 Å². The topological polar surface area (TPSA) is 38.7 Å². The van der Waals surface area contributed by atoms with Crippen molar-refractivity contribution in [2.75, 3.05) is 0 Å². The van der Waals surface area contributed by atoms with E-state index in [2.05, 4.69) is 15.9 Å². The molecule has 0 saturated heterocycles. The molecule has 3 aromatic rings. The van der Waals surface area contributed by atoms with E-state index in [1.807, 2.05) is 60.7 Å². The van der Waals surface area contributed by atoms with Crippen LogP contribution in [-0.2, 0) is 5.33 Å². The number of phenolic OH excluding ortho intramolecular Hbond substituents is 1. The molecule has 3 nitrogen and oxygen atoms in total. The number of hydrogen-bond donors (Lipinski definition) is 1. The third kappa shape index (κ3) is 3.66. The first-order valence-corrected chi connectivity index (χ1v) is 8.26. The summed E-state index contributed by atoms with van der Waals surface area (Å²) in [5, 5.41) is 10.5. The standard InChI is InChI=1S/C19H15BrO3/c20-13-16-17(21)11-12-18(22-14-7-3-1-4-8-14)19(16)23-15-9-5-2-6-10-15/h1-12,21H,13H2. The summed E-state index contributed by atoms with van der Waals surface area (Å²) in [6.07, 6.45) is 0. The lowest BCUT2D eigenvalue weighted by atomic mass is 10.2. The van der Waals surface area contributed by atoms with Crippen molar-refractivity contribution in [3.8, 4) is 28.7 Å². The molecule has 0 radical (unpaired) electrons. The second kappa shape index (κ2) is 7.20. The highest BCUT2D eigenvalue weighted by molar-refractivity contribution is 9.08. The van der Waals surface area contributed by atoms with Gasteiger partial charge in [0.15, 0.2) is 11.5 Å². The Morgan fingerprint density at radius 3 is 1.87 bits per heavy atom. The summed E-state index contributed by atoms with van der Waals surface area (Å²) in [6, 6.07) is 22.2. The molecule has 0 fully saturated rings. The van der Waals surface area contributed by atoms with Gasteiger partial charge in [0.25, 0.3) is 0 Å². The molecule has 1 N–H and O–H groups in total. The van der Waals surface area contributed by atoms with Crippen LogP contribution in [0.3, 0.4) is 0 Å². The van der Waals surface area contributed by atoms with Gasteiger partial charge in [0.1, 0.15) is 17.2 Å². The summed E-state index contributed by atoms with van der Waals surface area (Å²) in [5.74, 6) is 2.59. The molecule has 0 bridgehead atoms. The molecule has 0 aliphatic carbocycles. The van der Waals surface area contributed by atoms with E-state index in [0.29, 0.717) is 33.9 Å². The average molecular weight is 371 g/mol. The smallest absolute Gasteiger partial charge is 0.177 e. The van der Waals surface area contributed by atoms with Crippen molar-refractivity contribution in [3.05, 3.63) is 78.4 Å². The minimum absolute atomic E-state index is 0.160. The van der Waals surface area contributed by atoms with Crippen molar-refractivity contribution >= 4 is 15.9 Å². The molecule has 0 atom stereocenters. The normalized spacial score (nSPS) is 10.3. The molecule has 3 rings (SSSR count). The van der Waals surface area contributed by atoms with Crippen LogP contribution < -0.4 is 9.47 Å². The lowest BCUT2D eigenvalue weighted by Crippen LogP contribution is -1.95. The quantitative estimate of drug-likeness (QED) is 0.570. The van der Waals surface area contributed by atoms with Gasteiger partial charge in [-0.1, -0.05) is 52.3 Å². The zero-order chi connectivity index (χ0) is 16.1. The van der Waals surface area contributed by atoms with Crippen LogP contribution in [-0.4, -0.2) is 5.11 Å². The van der Waals surface area contributed by atoms with Crippen molar-refractivity contribution in [3.63, 3.8) is 0 Å². The first-order valence-electron chi connectivity index (χ1n) is 7.14. The number of alkyl halides is 1. The van der Waals surface area contributed by atoms with Crippen LogP contribution in [0.15, 0.2) is 72.8 Å². The Morgan fingerprint density at radius 1 is 0.739 bits per heavy atom.